The minimum Gasteiger partial charge on any atom is -0.382 e. The van der Waals surface area contributed by atoms with Gasteiger partial charge in [-0.1, -0.05) is 29.4 Å². The first-order valence-electron chi connectivity index (χ1n) is 6.56. The van der Waals surface area contributed by atoms with Crippen LogP contribution in [0.4, 0.5) is 0 Å². The second-order valence-electron chi connectivity index (χ2n) is 4.95. The summed E-state index contributed by atoms with van der Waals surface area (Å²) >= 11 is 0. The number of fused-ring (bicyclic) bond motifs is 1. The zero-order valence-corrected chi connectivity index (χ0v) is 10.6. The van der Waals surface area contributed by atoms with Gasteiger partial charge in [0.05, 0.1) is 0 Å². The second kappa shape index (κ2) is 5.11. The molecular formula is C14H17N3O2. The zero-order valence-electron chi connectivity index (χ0n) is 10.6. The summed E-state index contributed by atoms with van der Waals surface area (Å²) in [4.78, 5) is 4.27. The van der Waals surface area contributed by atoms with Crippen LogP contribution in [0.2, 0.25) is 0 Å². The maximum absolute atomic E-state index is 9.58. The molecule has 100 valence electrons. The lowest BCUT2D eigenvalue weighted by molar-refractivity contribution is 0.141. The van der Waals surface area contributed by atoms with E-state index in [0.717, 1.165) is 19.3 Å². The summed E-state index contributed by atoms with van der Waals surface area (Å²) in [6, 6.07) is 8.45. The Kier molecular flexibility index (Phi) is 3.31. The Hall–Kier alpha value is -1.72. The van der Waals surface area contributed by atoms with Crippen LogP contribution in [0.5, 0.6) is 0 Å². The molecular weight excluding hydrogens is 242 g/mol. The molecule has 0 spiro atoms. The number of nitrogens with zero attached hydrogens (tertiary/aromatic N) is 2. The Labute approximate surface area is 111 Å². The third kappa shape index (κ3) is 2.39. The van der Waals surface area contributed by atoms with Gasteiger partial charge in [0.25, 0.3) is 5.89 Å². The molecule has 1 aliphatic carbocycles. The Bertz CT molecular complexity index is 567. The number of aliphatic hydroxyl groups excluding tert-OH is 1. The fourth-order valence-corrected chi connectivity index (χ4v) is 2.57. The van der Waals surface area contributed by atoms with Crippen molar-refractivity contribution in [3.05, 3.63) is 47.1 Å². The first-order chi connectivity index (χ1) is 9.28. The van der Waals surface area contributed by atoms with Gasteiger partial charge in [-0.2, -0.15) is 4.98 Å². The van der Waals surface area contributed by atoms with Crippen LogP contribution in [0.15, 0.2) is 28.8 Å². The van der Waals surface area contributed by atoms with Crippen LogP contribution >= 0.6 is 0 Å². The summed E-state index contributed by atoms with van der Waals surface area (Å²) in [6.45, 7) is 0.0924. The van der Waals surface area contributed by atoms with Crippen LogP contribution in [0.1, 0.15) is 41.3 Å². The molecule has 0 amide bonds. The lowest BCUT2D eigenvalue weighted by Gasteiger charge is -2.21. The molecule has 1 heterocycles. The van der Waals surface area contributed by atoms with E-state index in [0.29, 0.717) is 5.82 Å². The van der Waals surface area contributed by atoms with Gasteiger partial charge in [-0.15, -0.1) is 0 Å². The van der Waals surface area contributed by atoms with Crippen LogP contribution in [-0.2, 0) is 12.8 Å². The summed E-state index contributed by atoms with van der Waals surface area (Å²) in [6.07, 6.45) is 2.10. The number of aliphatic hydroxyl groups is 1. The highest BCUT2D eigenvalue weighted by atomic mass is 16.5. The number of hydrogen-bond acceptors (Lipinski definition) is 5. The monoisotopic (exact) mass is 259 g/mol. The van der Waals surface area contributed by atoms with Gasteiger partial charge in [0.1, 0.15) is 6.10 Å². The molecule has 5 heteroatoms. The standard InChI is InChI=1S/C14H17N3O2/c15-8-12(18)14-16-13(17-19-14)11-6-5-9-3-1-2-4-10(9)7-11/h1-4,11-12,18H,5-8,15H2/t11?,12-/m0/s1. The molecule has 0 saturated carbocycles. The summed E-state index contributed by atoms with van der Waals surface area (Å²) in [5.74, 6) is 1.16. The van der Waals surface area contributed by atoms with Crippen LogP contribution in [0.3, 0.4) is 0 Å². The van der Waals surface area contributed by atoms with Gasteiger partial charge in [-0.05, 0) is 30.4 Å². The van der Waals surface area contributed by atoms with Crippen molar-refractivity contribution in [3.8, 4) is 0 Å². The summed E-state index contributed by atoms with van der Waals surface area (Å²) < 4.78 is 5.07. The molecule has 2 atom stereocenters. The highest BCUT2D eigenvalue weighted by Crippen LogP contribution is 2.31. The fourth-order valence-electron chi connectivity index (χ4n) is 2.57. The largest absolute Gasteiger partial charge is 0.382 e. The number of aryl methyl sites for hydroxylation is 1. The quantitative estimate of drug-likeness (QED) is 0.868. The van der Waals surface area contributed by atoms with Crippen molar-refractivity contribution >= 4 is 0 Å². The van der Waals surface area contributed by atoms with Crippen molar-refractivity contribution in [2.45, 2.75) is 31.3 Å². The van der Waals surface area contributed by atoms with Gasteiger partial charge in [0.2, 0.25) is 0 Å². The van der Waals surface area contributed by atoms with Gasteiger partial charge in [-0.3, -0.25) is 0 Å². The number of benzene rings is 1. The summed E-state index contributed by atoms with van der Waals surface area (Å²) in [5.41, 5.74) is 8.14. The molecule has 1 aliphatic rings. The van der Waals surface area contributed by atoms with Crippen molar-refractivity contribution in [1.29, 1.82) is 0 Å². The number of hydrogen-bond donors (Lipinski definition) is 2. The van der Waals surface area contributed by atoms with Gasteiger partial charge in [-0.25, -0.2) is 0 Å². The number of aromatic nitrogens is 2. The summed E-state index contributed by atoms with van der Waals surface area (Å²) in [7, 11) is 0. The lowest BCUT2D eigenvalue weighted by Crippen LogP contribution is -2.15. The zero-order chi connectivity index (χ0) is 13.2. The van der Waals surface area contributed by atoms with E-state index >= 15 is 0 Å². The molecule has 1 aromatic heterocycles. The average molecular weight is 259 g/mol. The molecule has 3 N–H and O–H groups in total. The summed E-state index contributed by atoms with van der Waals surface area (Å²) in [5, 5.41) is 13.6. The normalized spacial score (nSPS) is 20.0. The molecule has 0 radical (unpaired) electrons. The van der Waals surface area contributed by atoms with Crippen LogP contribution in [0, 0.1) is 0 Å². The predicted octanol–water partition coefficient (Wildman–Crippen LogP) is 1.33. The third-order valence-corrected chi connectivity index (χ3v) is 3.68. The van der Waals surface area contributed by atoms with E-state index in [1.54, 1.807) is 0 Å². The van der Waals surface area contributed by atoms with E-state index in [9.17, 15) is 5.11 Å². The van der Waals surface area contributed by atoms with Gasteiger partial charge < -0.3 is 15.4 Å². The minimum atomic E-state index is -0.864. The SMILES string of the molecule is NC[C@H](O)c1nc(C2CCc3ccccc3C2)no1. The molecule has 0 saturated heterocycles. The number of rotatable bonds is 3. The topological polar surface area (TPSA) is 85.2 Å². The van der Waals surface area contributed by atoms with Crippen LogP contribution < -0.4 is 5.73 Å². The van der Waals surface area contributed by atoms with Gasteiger partial charge in [0.15, 0.2) is 5.82 Å². The van der Waals surface area contributed by atoms with E-state index in [2.05, 4.69) is 34.4 Å². The molecule has 3 rings (SSSR count). The van der Waals surface area contributed by atoms with Crippen LogP contribution in [-0.4, -0.2) is 21.8 Å². The molecule has 0 aliphatic heterocycles. The Morgan fingerprint density at radius 3 is 2.95 bits per heavy atom. The highest BCUT2D eigenvalue weighted by molar-refractivity contribution is 5.31. The maximum Gasteiger partial charge on any atom is 0.256 e. The van der Waals surface area contributed by atoms with E-state index in [1.807, 2.05) is 0 Å². The highest BCUT2D eigenvalue weighted by Gasteiger charge is 2.25. The van der Waals surface area contributed by atoms with Crippen molar-refractivity contribution in [2.24, 2.45) is 5.73 Å². The maximum atomic E-state index is 9.58. The van der Waals surface area contributed by atoms with E-state index in [1.165, 1.54) is 11.1 Å². The van der Waals surface area contributed by atoms with E-state index < -0.39 is 6.10 Å². The Balaban J connectivity index is 1.79. The molecule has 1 aromatic carbocycles. The Morgan fingerprint density at radius 1 is 1.37 bits per heavy atom. The molecule has 0 fully saturated rings. The smallest absolute Gasteiger partial charge is 0.256 e. The van der Waals surface area contributed by atoms with Crippen molar-refractivity contribution < 1.29 is 9.63 Å². The molecule has 0 bridgehead atoms. The van der Waals surface area contributed by atoms with Gasteiger partial charge >= 0.3 is 0 Å². The van der Waals surface area contributed by atoms with Crippen molar-refractivity contribution in [1.82, 2.24) is 10.1 Å². The molecule has 19 heavy (non-hydrogen) atoms. The Morgan fingerprint density at radius 2 is 2.16 bits per heavy atom. The third-order valence-electron chi connectivity index (χ3n) is 3.68. The van der Waals surface area contributed by atoms with Crippen LogP contribution in [0.25, 0.3) is 0 Å². The van der Waals surface area contributed by atoms with Gasteiger partial charge in [0, 0.05) is 12.5 Å². The first-order valence-corrected chi connectivity index (χ1v) is 6.56. The number of nitrogens with two attached hydrogens (primary N) is 1. The fraction of sp³-hybridized carbons (Fsp3) is 0.429. The average Bonchev–Trinajstić information content (AvgIpc) is 2.95. The molecule has 2 aromatic rings. The lowest BCUT2D eigenvalue weighted by atomic mass is 9.83. The minimum absolute atomic E-state index is 0.0924. The second-order valence-corrected chi connectivity index (χ2v) is 4.95. The van der Waals surface area contributed by atoms with Crippen molar-refractivity contribution in [3.63, 3.8) is 0 Å². The van der Waals surface area contributed by atoms with E-state index in [4.69, 9.17) is 10.3 Å². The molecule has 1 unspecified atom stereocenters. The molecule has 5 nitrogen and oxygen atoms in total. The predicted molar refractivity (Wildman–Crippen MR) is 69.5 cm³/mol. The van der Waals surface area contributed by atoms with Crippen molar-refractivity contribution in [2.75, 3.05) is 6.54 Å². The first kappa shape index (κ1) is 12.3. The van der Waals surface area contributed by atoms with E-state index in [-0.39, 0.29) is 18.4 Å².